The summed E-state index contributed by atoms with van der Waals surface area (Å²) in [6.07, 6.45) is 2.49. The maximum absolute atomic E-state index is 12.7. The van der Waals surface area contributed by atoms with Crippen LogP contribution in [0.15, 0.2) is 24.3 Å². The first-order chi connectivity index (χ1) is 13.6. The molecule has 1 atom stereocenters. The fraction of sp³-hybridized carbons (Fsp3) is 0.619. The van der Waals surface area contributed by atoms with Gasteiger partial charge in [0, 0.05) is 45.6 Å². The molecule has 0 aromatic heterocycles. The van der Waals surface area contributed by atoms with Gasteiger partial charge in [0.05, 0.1) is 12.0 Å². The fourth-order valence-corrected chi connectivity index (χ4v) is 4.17. The molecule has 0 saturated carbocycles. The van der Waals surface area contributed by atoms with Gasteiger partial charge in [0.2, 0.25) is 0 Å². The molecule has 0 spiro atoms. The number of benzene rings is 1. The van der Waals surface area contributed by atoms with Gasteiger partial charge in [-0.25, -0.2) is 4.79 Å². The average Bonchev–Trinajstić information content (AvgIpc) is 3.13. The SMILES string of the molecule is CCOC(=O)[C@]1(CCOC)CCCN(Cc2ccc(N3CCNC3=O)cc2)C1. The van der Waals surface area contributed by atoms with Gasteiger partial charge < -0.3 is 14.8 Å². The minimum Gasteiger partial charge on any atom is -0.466 e. The predicted molar refractivity (Wildman–Crippen MR) is 107 cm³/mol. The highest BCUT2D eigenvalue weighted by atomic mass is 16.5. The van der Waals surface area contributed by atoms with Crippen LogP contribution in [0.2, 0.25) is 0 Å². The lowest BCUT2D eigenvalue weighted by Gasteiger charge is -2.41. The van der Waals surface area contributed by atoms with E-state index in [-0.39, 0.29) is 12.0 Å². The van der Waals surface area contributed by atoms with E-state index in [1.165, 1.54) is 5.56 Å². The molecule has 7 heteroatoms. The van der Waals surface area contributed by atoms with E-state index in [4.69, 9.17) is 9.47 Å². The normalized spacial score (nSPS) is 22.9. The maximum Gasteiger partial charge on any atom is 0.321 e. The van der Waals surface area contributed by atoms with Crippen molar-refractivity contribution >= 4 is 17.7 Å². The van der Waals surface area contributed by atoms with Gasteiger partial charge in [-0.1, -0.05) is 12.1 Å². The molecule has 1 aromatic carbocycles. The van der Waals surface area contributed by atoms with Gasteiger partial charge in [-0.15, -0.1) is 0 Å². The van der Waals surface area contributed by atoms with Crippen LogP contribution < -0.4 is 10.2 Å². The Kier molecular flexibility index (Phi) is 6.91. The summed E-state index contributed by atoms with van der Waals surface area (Å²) < 4.78 is 10.7. The second-order valence-electron chi connectivity index (χ2n) is 7.61. The van der Waals surface area contributed by atoms with E-state index >= 15 is 0 Å². The highest BCUT2D eigenvalue weighted by Crippen LogP contribution is 2.36. The molecule has 2 heterocycles. The lowest BCUT2D eigenvalue weighted by Crippen LogP contribution is -2.48. The Morgan fingerprint density at radius 2 is 2.04 bits per heavy atom. The van der Waals surface area contributed by atoms with Crippen molar-refractivity contribution in [2.24, 2.45) is 5.41 Å². The Bertz CT molecular complexity index is 679. The Hall–Kier alpha value is -2.12. The van der Waals surface area contributed by atoms with Crippen LogP contribution >= 0.6 is 0 Å². The number of likely N-dealkylation sites (tertiary alicyclic amines) is 1. The quantitative estimate of drug-likeness (QED) is 0.692. The molecule has 2 fully saturated rings. The van der Waals surface area contributed by atoms with Crippen LogP contribution in [-0.4, -0.2) is 63.4 Å². The number of urea groups is 1. The molecule has 2 saturated heterocycles. The number of esters is 1. The highest BCUT2D eigenvalue weighted by Gasteiger charge is 2.43. The van der Waals surface area contributed by atoms with E-state index in [9.17, 15) is 9.59 Å². The smallest absolute Gasteiger partial charge is 0.321 e. The Morgan fingerprint density at radius 1 is 1.25 bits per heavy atom. The van der Waals surface area contributed by atoms with E-state index in [1.54, 1.807) is 12.0 Å². The minimum absolute atomic E-state index is 0.0406. The number of carbonyl (C=O) groups is 2. The molecule has 2 amide bonds. The Labute approximate surface area is 167 Å². The summed E-state index contributed by atoms with van der Waals surface area (Å²) in [5.74, 6) is -0.104. The highest BCUT2D eigenvalue weighted by molar-refractivity contribution is 5.93. The van der Waals surface area contributed by atoms with Gasteiger partial charge in [-0.3, -0.25) is 14.6 Å². The lowest BCUT2D eigenvalue weighted by molar-refractivity contribution is -0.160. The molecule has 2 aliphatic heterocycles. The number of ether oxygens (including phenoxy) is 2. The third-order valence-corrected chi connectivity index (χ3v) is 5.66. The van der Waals surface area contributed by atoms with Crippen LogP contribution in [0.1, 0.15) is 31.7 Å². The number of rotatable bonds is 8. The Morgan fingerprint density at radius 3 is 2.68 bits per heavy atom. The summed E-state index contributed by atoms with van der Waals surface area (Å²) in [4.78, 5) is 28.6. The zero-order valence-corrected chi connectivity index (χ0v) is 16.9. The molecule has 28 heavy (non-hydrogen) atoms. The summed E-state index contributed by atoms with van der Waals surface area (Å²) in [6, 6.07) is 8.08. The van der Waals surface area contributed by atoms with Gasteiger partial charge >= 0.3 is 12.0 Å². The first-order valence-electron chi connectivity index (χ1n) is 10.1. The number of piperidine rings is 1. The summed E-state index contributed by atoms with van der Waals surface area (Å²) >= 11 is 0. The van der Waals surface area contributed by atoms with Gasteiger partial charge in [0.1, 0.15) is 0 Å². The predicted octanol–water partition coefficient (Wildman–Crippen LogP) is 2.40. The molecule has 154 valence electrons. The first kappa shape index (κ1) is 20.6. The summed E-state index contributed by atoms with van der Waals surface area (Å²) in [5.41, 5.74) is 1.60. The number of hydrogen-bond donors (Lipinski definition) is 1. The molecule has 0 unspecified atom stereocenters. The molecule has 2 aliphatic rings. The van der Waals surface area contributed by atoms with E-state index in [2.05, 4.69) is 22.3 Å². The van der Waals surface area contributed by atoms with Crippen molar-refractivity contribution in [1.29, 1.82) is 0 Å². The minimum atomic E-state index is -0.488. The van der Waals surface area contributed by atoms with E-state index in [0.717, 1.165) is 31.6 Å². The average molecular weight is 389 g/mol. The topological polar surface area (TPSA) is 71.1 Å². The van der Waals surface area contributed by atoms with Crippen LogP contribution in [0.4, 0.5) is 10.5 Å². The van der Waals surface area contributed by atoms with Crippen molar-refractivity contribution in [3.63, 3.8) is 0 Å². The molecule has 1 N–H and O–H groups in total. The molecule has 0 aliphatic carbocycles. The van der Waals surface area contributed by atoms with Crippen molar-refractivity contribution in [3.8, 4) is 0 Å². The number of hydrogen-bond acceptors (Lipinski definition) is 5. The third kappa shape index (κ3) is 4.64. The van der Waals surface area contributed by atoms with Crippen LogP contribution in [0.25, 0.3) is 0 Å². The Balaban J connectivity index is 1.66. The van der Waals surface area contributed by atoms with Gasteiger partial charge in [0.15, 0.2) is 0 Å². The van der Waals surface area contributed by atoms with Crippen molar-refractivity contribution in [2.75, 3.05) is 51.4 Å². The molecule has 0 radical (unpaired) electrons. The molecule has 3 rings (SSSR count). The van der Waals surface area contributed by atoms with E-state index in [1.807, 2.05) is 19.1 Å². The van der Waals surface area contributed by atoms with Crippen molar-refractivity contribution in [1.82, 2.24) is 10.2 Å². The van der Waals surface area contributed by atoms with Crippen LogP contribution in [-0.2, 0) is 20.8 Å². The monoisotopic (exact) mass is 389 g/mol. The van der Waals surface area contributed by atoms with Crippen molar-refractivity contribution in [2.45, 2.75) is 32.7 Å². The second kappa shape index (κ2) is 9.39. The number of anilines is 1. The van der Waals surface area contributed by atoms with Crippen molar-refractivity contribution < 1.29 is 19.1 Å². The molecular weight excluding hydrogens is 358 g/mol. The number of methoxy groups -OCH3 is 1. The molecular formula is C21H31N3O4. The second-order valence-corrected chi connectivity index (χ2v) is 7.61. The summed E-state index contributed by atoms with van der Waals surface area (Å²) in [7, 11) is 1.67. The standard InChI is InChI=1S/C21H31N3O4/c1-3-28-19(25)21(10-14-27-2)9-4-12-23(16-21)15-17-5-7-18(8-6-17)24-13-11-22-20(24)26/h5-8H,3-4,9-16H2,1-2H3,(H,22,26)/t21-/m0/s1. The van der Waals surface area contributed by atoms with Crippen LogP contribution in [0.5, 0.6) is 0 Å². The molecule has 0 bridgehead atoms. The van der Waals surface area contributed by atoms with Gasteiger partial charge in [-0.05, 0) is 50.4 Å². The largest absolute Gasteiger partial charge is 0.466 e. The van der Waals surface area contributed by atoms with Crippen molar-refractivity contribution in [3.05, 3.63) is 29.8 Å². The molecule has 7 nitrogen and oxygen atoms in total. The number of nitrogens with zero attached hydrogens (tertiary/aromatic N) is 2. The summed E-state index contributed by atoms with van der Waals surface area (Å²) in [5, 5.41) is 2.82. The van der Waals surface area contributed by atoms with Crippen LogP contribution in [0, 0.1) is 5.41 Å². The third-order valence-electron chi connectivity index (χ3n) is 5.66. The van der Waals surface area contributed by atoms with E-state index < -0.39 is 5.41 Å². The molecule has 1 aromatic rings. The maximum atomic E-state index is 12.7. The first-order valence-corrected chi connectivity index (χ1v) is 10.1. The van der Waals surface area contributed by atoms with E-state index in [0.29, 0.717) is 39.3 Å². The fourth-order valence-electron chi connectivity index (χ4n) is 4.17. The number of amides is 2. The van der Waals surface area contributed by atoms with Crippen LogP contribution in [0.3, 0.4) is 0 Å². The van der Waals surface area contributed by atoms with Gasteiger partial charge in [0.25, 0.3) is 0 Å². The summed E-state index contributed by atoms with van der Waals surface area (Å²) in [6.45, 7) is 6.62. The zero-order valence-electron chi connectivity index (χ0n) is 16.9. The number of nitrogens with one attached hydrogen (secondary N) is 1. The van der Waals surface area contributed by atoms with Gasteiger partial charge in [-0.2, -0.15) is 0 Å². The zero-order chi connectivity index (χ0) is 20.0. The number of carbonyl (C=O) groups excluding carboxylic acids is 2. The lowest BCUT2D eigenvalue weighted by atomic mass is 9.77.